The molecule has 11 heavy (non-hydrogen) atoms. The Morgan fingerprint density at radius 3 is 2.64 bits per heavy atom. The highest BCUT2D eigenvalue weighted by Crippen LogP contribution is 2.02. The molecule has 0 rings (SSSR count). The second-order valence-corrected chi connectivity index (χ2v) is 3.60. The molecule has 0 saturated heterocycles. The number of nitrogens with two attached hydrogens (primary N) is 2. The molecule has 0 radical (unpaired) electrons. The maximum Gasteiger partial charge on any atom is 0.185 e. The van der Waals surface area contributed by atoms with Gasteiger partial charge in [0.25, 0.3) is 0 Å². The Morgan fingerprint density at radius 1 is 1.36 bits per heavy atom. The van der Waals surface area contributed by atoms with Gasteiger partial charge < -0.3 is 11.5 Å². The zero-order valence-electron chi connectivity index (χ0n) is 7.05. The number of thioether (sulfide) groups is 1. The van der Waals surface area contributed by atoms with E-state index in [2.05, 4.69) is 11.9 Å². The number of hydrogen-bond donors (Lipinski definition) is 2. The Bertz CT molecular complexity index is 110. The second-order valence-electron chi connectivity index (χ2n) is 2.21. The van der Waals surface area contributed by atoms with E-state index >= 15 is 0 Å². The summed E-state index contributed by atoms with van der Waals surface area (Å²) in [6.07, 6.45) is 2.29. The Labute approximate surface area is 72.6 Å². The smallest absolute Gasteiger partial charge is 0.185 e. The molecule has 0 aromatic rings. The van der Waals surface area contributed by atoms with Crippen LogP contribution in [0.4, 0.5) is 0 Å². The number of nitrogens with zero attached hydrogens (tertiary/aromatic N) is 1. The lowest BCUT2D eigenvalue weighted by atomic mass is 10.3. The average Bonchev–Trinajstić information content (AvgIpc) is 1.96. The molecule has 0 fully saturated rings. The SMILES string of the molecule is CCSCCCCN=C(N)N. The van der Waals surface area contributed by atoms with Gasteiger partial charge in [0, 0.05) is 6.54 Å². The van der Waals surface area contributed by atoms with Gasteiger partial charge in [-0.25, -0.2) is 0 Å². The lowest BCUT2D eigenvalue weighted by Crippen LogP contribution is -2.22. The topological polar surface area (TPSA) is 64.4 Å². The first-order valence-corrected chi connectivity index (χ1v) is 5.06. The van der Waals surface area contributed by atoms with Gasteiger partial charge in [-0.2, -0.15) is 11.8 Å². The molecule has 3 nitrogen and oxygen atoms in total. The lowest BCUT2D eigenvalue weighted by Gasteiger charge is -1.96. The molecule has 0 spiro atoms. The molecule has 0 aliphatic carbocycles. The molecule has 0 aromatic carbocycles. The van der Waals surface area contributed by atoms with Gasteiger partial charge in [0.05, 0.1) is 0 Å². The zero-order valence-corrected chi connectivity index (χ0v) is 7.86. The average molecular weight is 175 g/mol. The summed E-state index contributed by atoms with van der Waals surface area (Å²) in [4.78, 5) is 3.89. The quantitative estimate of drug-likeness (QED) is 0.356. The van der Waals surface area contributed by atoms with Crippen LogP contribution in [0.3, 0.4) is 0 Å². The van der Waals surface area contributed by atoms with Crippen LogP contribution in [0.5, 0.6) is 0 Å². The van der Waals surface area contributed by atoms with Gasteiger partial charge in [-0.1, -0.05) is 6.92 Å². The fourth-order valence-corrected chi connectivity index (χ4v) is 1.37. The maximum absolute atomic E-state index is 5.16. The van der Waals surface area contributed by atoms with Crippen LogP contribution in [0.2, 0.25) is 0 Å². The summed E-state index contributed by atoms with van der Waals surface area (Å²) in [5.74, 6) is 2.62. The maximum atomic E-state index is 5.16. The summed E-state index contributed by atoms with van der Waals surface area (Å²) in [5, 5.41) is 0. The molecule has 0 aliphatic heterocycles. The van der Waals surface area contributed by atoms with E-state index in [0.717, 1.165) is 13.0 Å². The molecule has 66 valence electrons. The minimum Gasteiger partial charge on any atom is -0.370 e. The predicted molar refractivity (Wildman–Crippen MR) is 52.9 cm³/mol. The first kappa shape index (κ1) is 10.6. The monoisotopic (exact) mass is 175 g/mol. The summed E-state index contributed by atoms with van der Waals surface area (Å²) in [7, 11) is 0. The highest BCUT2D eigenvalue weighted by molar-refractivity contribution is 7.99. The lowest BCUT2D eigenvalue weighted by molar-refractivity contribution is 0.813. The van der Waals surface area contributed by atoms with Crippen LogP contribution in [-0.2, 0) is 0 Å². The van der Waals surface area contributed by atoms with Crippen molar-refractivity contribution >= 4 is 17.7 Å². The first-order chi connectivity index (χ1) is 5.27. The first-order valence-electron chi connectivity index (χ1n) is 3.90. The van der Waals surface area contributed by atoms with E-state index in [1.165, 1.54) is 17.9 Å². The Hall–Kier alpha value is -0.380. The van der Waals surface area contributed by atoms with Crippen LogP contribution in [0.25, 0.3) is 0 Å². The normalized spacial score (nSPS) is 9.55. The van der Waals surface area contributed by atoms with Crippen molar-refractivity contribution in [3.05, 3.63) is 0 Å². The number of guanidine groups is 1. The van der Waals surface area contributed by atoms with Gasteiger partial charge in [0.15, 0.2) is 5.96 Å². The number of rotatable bonds is 6. The van der Waals surface area contributed by atoms with Crippen molar-refractivity contribution in [2.75, 3.05) is 18.1 Å². The zero-order chi connectivity index (χ0) is 8.53. The van der Waals surface area contributed by atoms with Crippen molar-refractivity contribution in [2.24, 2.45) is 16.5 Å². The standard InChI is InChI=1S/C7H17N3S/c1-2-11-6-4-3-5-10-7(8)9/h2-6H2,1H3,(H4,8,9,10). The van der Waals surface area contributed by atoms with E-state index in [-0.39, 0.29) is 5.96 Å². The van der Waals surface area contributed by atoms with E-state index in [9.17, 15) is 0 Å². The third-order valence-electron chi connectivity index (χ3n) is 1.20. The van der Waals surface area contributed by atoms with Gasteiger partial charge in [0.2, 0.25) is 0 Å². The highest BCUT2D eigenvalue weighted by atomic mass is 32.2. The van der Waals surface area contributed by atoms with E-state index in [4.69, 9.17) is 11.5 Å². The molecular formula is C7H17N3S. The van der Waals surface area contributed by atoms with Gasteiger partial charge in [-0.05, 0) is 24.3 Å². The van der Waals surface area contributed by atoms with Crippen molar-refractivity contribution in [1.82, 2.24) is 0 Å². The number of aliphatic imine (C=N–C) groups is 1. The van der Waals surface area contributed by atoms with Crippen LogP contribution >= 0.6 is 11.8 Å². The van der Waals surface area contributed by atoms with E-state index in [1.807, 2.05) is 11.8 Å². The molecule has 0 saturated carbocycles. The summed E-state index contributed by atoms with van der Waals surface area (Å²) in [6, 6.07) is 0. The van der Waals surface area contributed by atoms with Crippen LogP contribution in [0, 0.1) is 0 Å². The van der Waals surface area contributed by atoms with Gasteiger partial charge >= 0.3 is 0 Å². The number of unbranched alkanes of at least 4 members (excludes halogenated alkanes) is 1. The summed E-state index contributed by atoms with van der Waals surface area (Å²) >= 11 is 1.96. The van der Waals surface area contributed by atoms with Crippen LogP contribution in [0.15, 0.2) is 4.99 Å². The fourth-order valence-electron chi connectivity index (χ4n) is 0.668. The van der Waals surface area contributed by atoms with E-state index < -0.39 is 0 Å². The van der Waals surface area contributed by atoms with E-state index in [0.29, 0.717) is 0 Å². The van der Waals surface area contributed by atoms with Crippen molar-refractivity contribution in [1.29, 1.82) is 0 Å². The van der Waals surface area contributed by atoms with Crippen molar-refractivity contribution in [3.8, 4) is 0 Å². The van der Waals surface area contributed by atoms with Crippen LogP contribution in [0.1, 0.15) is 19.8 Å². The number of hydrogen-bond acceptors (Lipinski definition) is 2. The highest BCUT2D eigenvalue weighted by Gasteiger charge is 1.87. The van der Waals surface area contributed by atoms with Gasteiger partial charge in [-0.15, -0.1) is 0 Å². The van der Waals surface area contributed by atoms with Crippen LogP contribution in [-0.4, -0.2) is 24.0 Å². The molecule has 0 unspecified atom stereocenters. The summed E-state index contributed by atoms with van der Waals surface area (Å²) in [5.41, 5.74) is 10.3. The summed E-state index contributed by atoms with van der Waals surface area (Å²) < 4.78 is 0. The minimum absolute atomic E-state index is 0.202. The molecule has 4 N–H and O–H groups in total. The second kappa shape index (κ2) is 7.72. The molecule has 0 atom stereocenters. The van der Waals surface area contributed by atoms with Gasteiger partial charge in [0.1, 0.15) is 0 Å². The molecule has 0 amide bonds. The van der Waals surface area contributed by atoms with Crippen molar-refractivity contribution < 1.29 is 0 Å². The fraction of sp³-hybridized carbons (Fsp3) is 0.857. The molecule has 4 heteroatoms. The Morgan fingerprint density at radius 2 is 2.09 bits per heavy atom. The third kappa shape index (κ3) is 9.62. The Balaban J connectivity index is 2.97. The Kier molecular flexibility index (Phi) is 7.46. The van der Waals surface area contributed by atoms with Crippen molar-refractivity contribution in [2.45, 2.75) is 19.8 Å². The van der Waals surface area contributed by atoms with Crippen LogP contribution < -0.4 is 11.5 Å². The molecule has 0 aliphatic rings. The predicted octanol–water partition coefficient (Wildman–Crippen LogP) is 0.793. The van der Waals surface area contributed by atoms with E-state index in [1.54, 1.807) is 0 Å². The van der Waals surface area contributed by atoms with Crippen molar-refractivity contribution in [3.63, 3.8) is 0 Å². The molecule has 0 bridgehead atoms. The molecule has 0 aromatic heterocycles. The van der Waals surface area contributed by atoms with Gasteiger partial charge in [-0.3, -0.25) is 4.99 Å². The minimum atomic E-state index is 0.202. The molecule has 0 heterocycles. The largest absolute Gasteiger partial charge is 0.370 e. The summed E-state index contributed by atoms with van der Waals surface area (Å²) in [6.45, 7) is 2.94. The third-order valence-corrected chi connectivity index (χ3v) is 2.18. The molecular weight excluding hydrogens is 158 g/mol.